The maximum absolute atomic E-state index is 13.4. The van der Waals surface area contributed by atoms with Crippen molar-refractivity contribution in [3.05, 3.63) is 144 Å². The maximum Gasteiger partial charge on any atom is 0.407 e. The summed E-state index contributed by atoms with van der Waals surface area (Å²) in [6, 6.07) is 33.5. The Labute approximate surface area is 288 Å². The Bertz CT molecular complexity index is 1670. The van der Waals surface area contributed by atoms with E-state index in [0.717, 1.165) is 5.56 Å². The number of carbonyl (C=O) groups excluding carboxylic acids is 4. The van der Waals surface area contributed by atoms with Crippen LogP contribution in [0.4, 0.5) is 4.79 Å². The van der Waals surface area contributed by atoms with Crippen LogP contribution in [-0.2, 0) is 35.0 Å². The fourth-order valence-corrected chi connectivity index (χ4v) is 5.10. The molecule has 5 atom stereocenters. The molecule has 260 valence electrons. The van der Waals surface area contributed by atoms with Crippen molar-refractivity contribution in [3.63, 3.8) is 0 Å². The lowest BCUT2D eigenvalue weighted by atomic mass is 9.97. The summed E-state index contributed by atoms with van der Waals surface area (Å²) >= 11 is 0. The first-order valence-corrected chi connectivity index (χ1v) is 16.0. The molecule has 0 unspecified atom stereocenters. The number of carbonyl (C=O) groups is 4. The van der Waals surface area contributed by atoms with Crippen molar-refractivity contribution in [2.75, 3.05) is 19.8 Å². The quantitative estimate of drug-likeness (QED) is 0.108. The molecule has 1 aliphatic heterocycles. The highest BCUT2D eigenvalue weighted by molar-refractivity contribution is 5.91. The summed E-state index contributed by atoms with van der Waals surface area (Å²) in [6.45, 7) is -0.410. The van der Waals surface area contributed by atoms with Crippen LogP contribution in [0.1, 0.15) is 43.1 Å². The highest BCUT2D eigenvalue weighted by atomic mass is 16.7. The zero-order valence-corrected chi connectivity index (χ0v) is 27.0. The second-order valence-electron chi connectivity index (χ2n) is 11.1. The van der Waals surface area contributed by atoms with Gasteiger partial charge in [-0.2, -0.15) is 0 Å². The van der Waals surface area contributed by atoms with Crippen LogP contribution in [0, 0.1) is 0 Å². The van der Waals surface area contributed by atoms with Gasteiger partial charge in [0.05, 0.1) is 29.9 Å². The van der Waals surface area contributed by atoms with Gasteiger partial charge in [-0.15, -0.1) is 0 Å². The molecular formula is C38H37NO11. The molecule has 4 aromatic rings. The first-order chi connectivity index (χ1) is 24.4. The maximum atomic E-state index is 13.4. The third-order valence-corrected chi connectivity index (χ3v) is 7.61. The third-order valence-electron chi connectivity index (χ3n) is 7.61. The van der Waals surface area contributed by atoms with Gasteiger partial charge in [0.2, 0.25) is 0 Å². The zero-order valence-electron chi connectivity index (χ0n) is 27.0. The molecule has 1 aliphatic rings. The predicted molar refractivity (Wildman–Crippen MR) is 178 cm³/mol. The van der Waals surface area contributed by atoms with E-state index in [1.165, 1.54) is 24.3 Å². The highest BCUT2D eigenvalue weighted by Gasteiger charge is 2.53. The number of hydrogen-bond donors (Lipinski definition) is 2. The van der Waals surface area contributed by atoms with Crippen LogP contribution >= 0.6 is 0 Å². The van der Waals surface area contributed by atoms with E-state index in [0.29, 0.717) is 0 Å². The molecule has 0 bridgehead atoms. The smallest absolute Gasteiger partial charge is 0.407 e. The molecule has 1 heterocycles. The van der Waals surface area contributed by atoms with Crippen LogP contribution in [0.15, 0.2) is 121 Å². The number of rotatable bonds is 14. The van der Waals surface area contributed by atoms with Crippen LogP contribution < -0.4 is 5.32 Å². The Kier molecular flexibility index (Phi) is 13.1. The first-order valence-electron chi connectivity index (χ1n) is 16.0. The lowest BCUT2D eigenvalue weighted by molar-refractivity contribution is -0.298. The second kappa shape index (κ2) is 18.3. The molecule has 1 amide bonds. The van der Waals surface area contributed by atoms with Gasteiger partial charge < -0.3 is 38.8 Å². The Morgan fingerprint density at radius 1 is 0.620 bits per heavy atom. The van der Waals surface area contributed by atoms with E-state index < -0.39 is 61.3 Å². The van der Waals surface area contributed by atoms with Gasteiger partial charge in [-0.1, -0.05) is 84.9 Å². The number of alkyl carbamates (subject to hydrolysis) is 1. The van der Waals surface area contributed by atoms with E-state index >= 15 is 0 Å². The normalized spacial score (nSPS) is 19.8. The topological polar surface area (TPSA) is 156 Å². The fourth-order valence-electron chi connectivity index (χ4n) is 5.10. The minimum absolute atomic E-state index is 0.0189. The van der Waals surface area contributed by atoms with Gasteiger partial charge in [0.1, 0.15) is 12.7 Å². The Morgan fingerprint density at radius 2 is 1.08 bits per heavy atom. The largest absolute Gasteiger partial charge is 0.452 e. The number of ether oxygens (including phenoxy) is 6. The summed E-state index contributed by atoms with van der Waals surface area (Å²) in [7, 11) is 0. The van der Waals surface area contributed by atoms with Gasteiger partial charge >= 0.3 is 24.0 Å². The van der Waals surface area contributed by atoms with Crippen molar-refractivity contribution in [2.45, 2.75) is 43.7 Å². The van der Waals surface area contributed by atoms with E-state index in [-0.39, 0.29) is 42.9 Å². The Balaban J connectivity index is 1.34. The molecule has 0 aliphatic carbocycles. The van der Waals surface area contributed by atoms with Crippen LogP contribution in [0.3, 0.4) is 0 Å². The molecule has 2 N–H and O–H groups in total. The van der Waals surface area contributed by atoms with Crippen LogP contribution in [0.5, 0.6) is 0 Å². The van der Waals surface area contributed by atoms with Crippen molar-refractivity contribution in [2.24, 2.45) is 0 Å². The van der Waals surface area contributed by atoms with E-state index in [2.05, 4.69) is 5.32 Å². The minimum Gasteiger partial charge on any atom is -0.452 e. The molecule has 1 saturated heterocycles. The Hall–Kier alpha value is -5.56. The average molecular weight is 684 g/mol. The van der Waals surface area contributed by atoms with Gasteiger partial charge in [0, 0.05) is 6.54 Å². The van der Waals surface area contributed by atoms with E-state index in [4.69, 9.17) is 28.4 Å². The van der Waals surface area contributed by atoms with Crippen molar-refractivity contribution in [1.29, 1.82) is 0 Å². The summed E-state index contributed by atoms with van der Waals surface area (Å²) in [4.78, 5) is 52.2. The van der Waals surface area contributed by atoms with Crippen LogP contribution in [-0.4, -0.2) is 79.6 Å². The fraction of sp³-hybridized carbons (Fsp3) is 0.263. The summed E-state index contributed by atoms with van der Waals surface area (Å²) in [5, 5.41) is 13.0. The molecular weight excluding hydrogens is 646 g/mol. The number of hydrogen-bond acceptors (Lipinski definition) is 11. The third kappa shape index (κ3) is 9.98. The number of aliphatic hydroxyl groups is 1. The molecule has 4 aromatic carbocycles. The second-order valence-corrected chi connectivity index (χ2v) is 11.1. The zero-order chi connectivity index (χ0) is 35.1. The van der Waals surface area contributed by atoms with E-state index in [9.17, 15) is 24.3 Å². The Morgan fingerprint density at radius 3 is 1.58 bits per heavy atom. The van der Waals surface area contributed by atoms with Gasteiger partial charge in [-0.25, -0.2) is 19.2 Å². The molecule has 12 nitrogen and oxygen atoms in total. The standard InChI is InChI=1S/C38H37NO11/c40-24-30-31(48-34(41)27-16-7-2-8-17-27)32(49-35(42)28-18-9-3-10-19-28)33(50-36(43)29-20-11-4-12-21-29)37(47-30)45-23-13-22-39-38(44)46-25-26-14-5-1-6-15-26/h1-12,14-21,30-33,37,40H,13,22-25H2,(H,39,44)/t30-,31-,32+,33+,37+/m1/s1. The van der Waals surface area contributed by atoms with Crippen molar-refractivity contribution in [1.82, 2.24) is 5.32 Å². The molecule has 0 aromatic heterocycles. The number of aliphatic hydroxyl groups excluding tert-OH is 1. The lowest BCUT2D eigenvalue weighted by Crippen LogP contribution is -2.63. The molecule has 0 saturated carbocycles. The molecule has 12 heteroatoms. The van der Waals surface area contributed by atoms with Gasteiger partial charge in [0.15, 0.2) is 24.6 Å². The highest BCUT2D eigenvalue weighted by Crippen LogP contribution is 2.31. The van der Waals surface area contributed by atoms with Crippen molar-refractivity contribution >= 4 is 24.0 Å². The van der Waals surface area contributed by atoms with Crippen molar-refractivity contribution in [3.8, 4) is 0 Å². The van der Waals surface area contributed by atoms with E-state index in [1.54, 1.807) is 66.7 Å². The van der Waals surface area contributed by atoms with Crippen molar-refractivity contribution < 1.29 is 52.7 Å². The number of esters is 3. The first kappa shape index (κ1) is 35.7. The summed E-state index contributed by atoms with van der Waals surface area (Å²) in [6.07, 6.45) is -7.34. The summed E-state index contributed by atoms with van der Waals surface area (Å²) < 4.78 is 34.9. The molecule has 1 fully saturated rings. The van der Waals surface area contributed by atoms with Crippen LogP contribution in [0.2, 0.25) is 0 Å². The molecule has 50 heavy (non-hydrogen) atoms. The number of amides is 1. The van der Waals surface area contributed by atoms with Gasteiger partial charge in [-0.3, -0.25) is 0 Å². The van der Waals surface area contributed by atoms with E-state index in [1.807, 2.05) is 30.3 Å². The summed E-state index contributed by atoms with van der Waals surface area (Å²) in [5.74, 6) is -2.37. The summed E-state index contributed by atoms with van der Waals surface area (Å²) in [5.41, 5.74) is 1.41. The minimum atomic E-state index is -1.48. The SMILES string of the molecule is O=C(NCCCO[C@H]1O[C@H](CO)[C@@H](OC(=O)c2ccccc2)[C@H](OC(=O)c2ccccc2)[C@@H]1OC(=O)c1ccccc1)OCc1ccccc1. The average Bonchev–Trinajstić information content (AvgIpc) is 3.16. The predicted octanol–water partition coefficient (Wildman–Crippen LogP) is 4.71. The van der Waals surface area contributed by atoms with Crippen LogP contribution in [0.25, 0.3) is 0 Å². The lowest BCUT2D eigenvalue weighted by Gasteiger charge is -2.44. The van der Waals surface area contributed by atoms with Gasteiger partial charge in [0.25, 0.3) is 0 Å². The van der Waals surface area contributed by atoms with Gasteiger partial charge in [-0.05, 0) is 48.4 Å². The molecule has 0 radical (unpaired) electrons. The molecule has 0 spiro atoms. The monoisotopic (exact) mass is 683 g/mol. The number of nitrogens with one attached hydrogen (secondary N) is 1. The molecule has 5 rings (SSSR count). The number of benzene rings is 4.